The number of hydrogen-bond acceptors (Lipinski definition) is 12. The molecule has 1 aliphatic carbocycles. The molecule has 0 saturated heterocycles. The van der Waals surface area contributed by atoms with E-state index in [9.17, 15) is 14.7 Å². The second-order valence-electron chi connectivity index (χ2n) is 12.8. The summed E-state index contributed by atoms with van der Waals surface area (Å²) in [5, 5.41) is 12.7. The summed E-state index contributed by atoms with van der Waals surface area (Å²) < 4.78 is 43.9. The summed E-state index contributed by atoms with van der Waals surface area (Å²) in [4.78, 5) is 25.2. The number of benzene rings is 4. The van der Waals surface area contributed by atoms with Gasteiger partial charge in [0.2, 0.25) is 0 Å². The molecule has 0 radical (unpaired) electrons. The molecule has 296 valence electrons. The SMILES string of the molecule is COCCOCCOCCOc1ccc(C2(c3ccc(OCCOCCOCCOC)c(C(=O)[O-])c3)c3cc(C)ccc3-c3ccc(C)cc32)cc1[C-]=O.[Cs+].[Cs+].[OH-]. The number of ether oxygens (including phenoxy) is 8. The fraction of sp³-hybridized carbons (Fsp3) is 0.395. The minimum Gasteiger partial charge on any atom is -0.870 e. The fourth-order valence-electron chi connectivity index (χ4n) is 6.71. The van der Waals surface area contributed by atoms with Crippen molar-refractivity contribution in [2.24, 2.45) is 0 Å². The summed E-state index contributed by atoms with van der Waals surface area (Å²) in [5.41, 5.74) is 6.50. The van der Waals surface area contributed by atoms with Gasteiger partial charge < -0.3 is 58.1 Å². The monoisotopic (exact) mass is 1020 g/mol. The van der Waals surface area contributed by atoms with E-state index >= 15 is 0 Å². The van der Waals surface area contributed by atoms with Crippen LogP contribution in [0.15, 0.2) is 72.8 Å². The molecule has 0 amide bonds. The van der Waals surface area contributed by atoms with Crippen molar-refractivity contribution < 1.29 is 196 Å². The van der Waals surface area contributed by atoms with E-state index in [2.05, 4.69) is 42.7 Å². The number of carboxylic acids is 1. The van der Waals surface area contributed by atoms with Crippen molar-refractivity contribution in [3.63, 3.8) is 0 Å². The van der Waals surface area contributed by atoms with Crippen molar-refractivity contribution in [3.8, 4) is 22.6 Å². The van der Waals surface area contributed by atoms with Crippen molar-refractivity contribution in [1.82, 2.24) is 0 Å². The maximum atomic E-state index is 12.7. The van der Waals surface area contributed by atoms with Crippen LogP contribution in [0.1, 0.15) is 49.3 Å². The molecule has 14 heteroatoms. The van der Waals surface area contributed by atoms with E-state index < -0.39 is 11.4 Å². The number of fused-ring (bicyclic) bond motifs is 3. The van der Waals surface area contributed by atoms with Gasteiger partial charge in [-0.05, 0) is 53.8 Å². The zero-order valence-corrected chi connectivity index (χ0v) is 46.4. The summed E-state index contributed by atoms with van der Waals surface area (Å²) in [6, 6.07) is 23.1. The van der Waals surface area contributed by atoms with Crippen LogP contribution < -0.4 is 152 Å². The number of hydrogen-bond donors (Lipinski definition) is 0. The largest absolute Gasteiger partial charge is 1.00 e. The van der Waals surface area contributed by atoms with Crippen molar-refractivity contribution in [2.45, 2.75) is 19.3 Å². The number of carboxylic acid groups (broad SMARTS) is 1. The molecule has 1 aliphatic rings. The van der Waals surface area contributed by atoms with E-state index in [4.69, 9.17) is 37.9 Å². The maximum Gasteiger partial charge on any atom is 1.00 e. The van der Waals surface area contributed by atoms with Gasteiger partial charge in [0.25, 0.3) is 0 Å². The van der Waals surface area contributed by atoms with Gasteiger partial charge in [0.1, 0.15) is 12.4 Å². The van der Waals surface area contributed by atoms with E-state index in [1.165, 1.54) is 0 Å². The Kier molecular flexibility index (Phi) is 25.3. The molecule has 0 fully saturated rings. The zero-order chi connectivity index (χ0) is 38.3. The molecule has 5 rings (SSSR count). The Balaban J connectivity index is 0.00000374. The van der Waals surface area contributed by atoms with Gasteiger partial charge in [0.05, 0.1) is 90.3 Å². The normalized spacial score (nSPS) is 12.0. The third-order valence-corrected chi connectivity index (χ3v) is 9.18. The molecule has 0 aliphatic heterocycles. The van der Waals surface area contributed by atoms with Crippen molar-refractivity contribution in [1.29, 1.82) is 0 Å². The average molecular weight is 1020 g/mol. The van der Waals surface area contributed by atoms with Crippen LogP contribution in [0.3, 0.4) is 0 Å². The molecule has 0 bridgehead atoms. The molecule has 0 unspecified atom stereocenters. The van der Waals surface area contributed by atoms with E-state index in [0.29, 0.717) is 70.8 Å². The first-order valence-electron chi connectivity index (χ1n) is 18.0. The Labute approximate surface area is 453 Å². The molecule has 4 aromatic carbocycles. The van der Waals surface area contributed by atoms with Gasteiger partial charge in [0.15, 0.2) is 0 Å². The van der Waals surface area contributed by atoms with Crippen LogP contribution in [0, 0.1) is 13.8 Å². The zero-order valence-electron chi connectivity index (χ0n) is 33.9. The van der Waals surface area contributed by atoms with Crippen LogP contribution in [0.2, 0.25) is 0 Å². The van der Waals surface area contributed by atoms with Gasteiger partial charge in [-0.2, -0.15) is 6.07 Å². The number of methoxy groups -OCH3 is 2. The molecular weight excluding hydrogens is 974 g/mol. The number of carbonyl (C=O) groups is 1. The summed E-state index contributed by atoms with van der Waals surface area (Å²) in [5.74, 6) is -0.857. The van der Waals surface area contributed by atoms with E-state index in [0.717, 1.165) is 38.9 Å². The summed E-state index contributed by atoms with van der Waals surface area (Å²) >= 11 is 0. The molecule has 0 spiro atoms. The third kappa shape index (κ3) is 13.7. The Hall–Kier alpha value is -0.556. The molecule has 12 nitrogen and oxygen atoms in total. The van der Waals surface area contributed by atoms with Crippen LogP contribution in [-0.2, 0) is 38.6 Å². The van der Waals surface area contributed by atoms with Gasteiger partial charge >= 0.3 is 138 Å². The van der Waals surface area contributed by atoms with E-state index in [1.54, 1.807) is 38.5 Å². The molecule has 1 N–H and O–H groups in total. The molecule has 0 atom stereocenters. The quantitative estimate of drug-likeness (QED) is 0.0518. The summed E-state index contributed by atoms with van der Waals surface area (Å²) in [7, 11) is 3.23. The smallest absolute Gasteiger partial charge is 0.870 e. The van der Waals surface area contributed by atoms with Crippen molar-refractivity contribution in [3.05, 3.63) is 117 Å². The number of rotatable bonds is 24. The van der Waals surface area contributed by atoms with Gasteiger partial charge in [-0.25, -0.2) is 0 Å². The van der Waals surface area contributed by atoms with Crippen LogP contribution in [0.5, 0.6) is 11.5 Å². The van der Waals surface area contributed by atoms with Crippen LogP contribution in [-0.4, -0.2) is 111 Å². The second-order valence-corrected chi connectivity index (χ2v) is 12.8. The Morgan fingerprint density at radius 3 is 1.46 bits per heavy atom. The topological polar surface area (TPSA) is 161 Å². The molecule has 0 heterocycles. The van der Waals surface area contributed by atoms with Crippen molar-refractivity contribution in [2.75, 3.05) is 93.5 Å². The van der Waals surface area contributed by atoms with Gasteiger partial charge in [-0.3, -0.25) is 0 Å². The maximum absolute atomic E-state index is 12.7. The second kappa shape index (κ2) is 27.4. The molecule has 0 saturated carbocycles. The van der Waals surface area contributed by atoms with Crippen LogP contribution in [0.25, 0.3) is 11.1 Å². The minimum atomic E-state index is -1.38. The van der Waals surface area contributed by atoms with Crippen molar-refractivity contribution >= 4 is 12.3 Å². The average Bonchev–Trinajstić information content (AvgIpc) is 3.45. The molecular formula is C43H49Cs2O12-. The first kappa shape index (κ1) is 52.6. The number of carbonyl (C=O) groups excluding carboxylic acids is 2. The Morgan fingerprint density at radius 1 is 0.579 bits per heavy atom. The number of aromatic carboxylic acids is 1. The van der Waals surface area contributed by atoms with E-state index in [-0.39, 0.29) is 180 Å². The fourth-order valence-corrected chi connectivity index (χ4v) is 6.71. The molecule has 4 aromatic rings. The van der Waals surface area contributed by atoms with Crippen LogP contribution in [0.4, 0.5) is 0 Å². The Bertz CT molecular complexity index is 1820. The predicted octanol–water partition coefficient (Wildman–Crippen LogP) is -1.56. The third-order valence-electron chi connectivity index (χ3n) is 9.18. The van der Waals surface area contributed by atoms with Gasteiger partial charge in [-0.1, -0.05) is 71.3 Å². The standard InChI is InChI=1S/C43H49O11.2Cs.H2O/c1-30-5-9-35-36-10-6-31(2)26-39(36)43(38(35)25-30,33-7-11-40(32(27-33)29-44)53-23-21-51-19-17-49-15-13-47-3)34-8-12-41(37(28-34)42(45)46)54-24-22-52-20-18-50-16-14-48-4;;;/h5-12,25-28H,13-24H2,1-4H3,(H,45,46);;;1H2/q-1;2*+1;/p-2. The Morgan fingerprint density at radius 2 is 1.00 bits per heavy atom. The minimum absolute atomic E-state index is 0. The van der Waals surface area contributed by atoms with Gasteiger partial charge in [-0.15, -0.1) is 5.56 Å². The first-order chi connectivity index (χ1) is 26.3. The number of aryl methyl sites for hydroxylation is 2. The van der Waals surface area contributed by atoms with Crippen LogP contribution >= 0.6 is 0 Å². The summed E-state index contributed by atoms with van der Waals surface area (Å²) in [6.07, 6.45) is 2.07. The van der Waals surface area contributed by atoms with Gasteiger partial charge in [0, 0.05) is 25.5 Å². The summed E-state index contributed by atoms with van der Waals surface area (Å²) in [6.45, 7) is 8.50. The first-order valence-corrected chi connectivity index (χ1v) is 18.0. The van der Waals surface area contributed by atoms with E-state index in [1.807, 2.05) is 26.0 Å². The predicted molar refractivity (Wildman–Crippen MR) is 202 cm³/mol. The molecule has 0 aromatic heterocycles. The molecule has 57 heavy (non-hydrogen) atoms.